The summed E-state index contributed by atoms with van der Waals surface area (Å²) < 4.78 is 77.3. The Morgan fingerprint density at radius 1 is 1.15 bits per heavy atom. The summed E-state index contributed by atoms with van der Waals surface area (Å²) in [4.78, 5) is 20.9. The average Bonchev–Trinajstić information content (AvgIpc) is 3.49. The molecule has 7 nitrogen and oxygen atoms in total. The molecule has 0 spiro atoms. The normalized spacial score (nSPS) is 22.9. The zero-order valence-electron chi connectivity index (χ0n) is 22.3. The zero-order chi connectivity index (χ0) is 28.5. The SMILES string of the molecule is Cc1ccc(NC(=O)N2CC[C@@H](CC(F)(F)F)C2)cc1-c1cc(O[C@H]2CCC(F)(F)C2)nc(N2CCOCC2)c1. The largest absolute Gasteiger partial charge is 0.474 e. The van der Waals surface area contributed by atoms with E-state index in [1.165, 1.54) is 4.90 Å². The highest BCUT2D eigenvalue weighted by Crippen LogP contribution is 2.38. The first-order valence-electron chi connectivity index (χ1n) is 13.6. The molecule has 3 fully saturated rings. The number of alkyl halides is 5. The molecule has 2 atom stereocenters. The van der Waals surface area contributed by atoms with Crippen LogP contribution < -0.4 is 15.0 Å². The molecule has 1 saturated carbocycles. The van der Waals surface area contributed by atoms with Crippen molar-refractivity contribution in [3.63, 3.8) is 0 Å². The number of urea groups is 1. The van der Waals surface area contributed by atoms with Crippen molar-refractivity contribution >= 4 is 17.5 Å². The monoisotopic (exact) mass is 568 g/mol. The quantitative estimate of drug-likeness (QED) is 0.417. The molecule has 2 amide bonds. The summed E-state index contributed by atoms with van der Waals surface area (Å²) in [5.74, 6) is -2.46. The van der Waals surface area contributed by atoms with Gasteiger partial charge in [0.05, 0.1) is 13.2 Å². The summed E-state index contributed by atoms with van der Waals surface area (Å²) in [6, 6.07) is 8.54. The molecule has 0 bridgehead atoms. The number of benzene rings is 1. The molecule has 218 valence electrons. The van der Waals surface area contributed by atoms with Gasteiger partial charge in [0.1, 0.15) is 11.9 Å². The molecule has 1 aromatic carbocycles. The van der Waals surface area contributed by atoms with Crippen LogP contribution in [0, 0.1) is 12.8 Å². The number of ether oxygens (including phenoxy) is 2. The summed E-state index contributed by atoms with van der Waals surface area (Å²) in [6.45, 7) is 4.55. The van der Waals surface area contributed by atoms with Crippen LogP contribution >= 0.6 is 0 Å². The number of halogens is 5. The fourth-order valence-corrected chi connectivity index (χ4v) is 5.57. The molecule has 12 heteroatoms. The summed E-state index contributed by atoms with van der Waals surface area (Å²) in [5, 5.41) is 2.81. The van der Waals surface area contributed by atoms with Gasteiger partial charge in [0, 0.05) is 57.2 Å². The molecular formula is C28H33F5N4O3. The van der Waals surface area contributed by atoms with Crippen molar-refractivity contribution in [1.82, 2.24) is 9.88 Å². The first-order chi connectivity index (χ1) is 18.9. The molecule has 1 N–H and O–H groups in total. The van der Waals surface area contributed by atoms with Crippen LogP contribution in [0.5, 0.6) is 5.88 Å². The number of carbonyl (C=O) groups excluding carboxylic acids is 1. The van der Waals surface area contributed by atoms with Gasteiger partial charge in [-0.25, -0.2) is 13.6 Å². The van der Waals surface area contributed by atoms with E-state index in [2.05, 4.69) is 15.2 Å². The molecule has 2 saturated heterocycles. The first kappa shape index (κ1) is 28.4. The highest BCUT2D eigenvalue weighted by atomic mass is 19.4. The Bertz CT molecular complexity index is 1220. The maximum absolute atomic E-state index is 13.8. The number of carbonyl (C=O) groups is 1. The minimum absolute atomic E-state index is 0.0538. The number of hydrogen-bond acceptors (Lipinski definition) is 5. The molecular weight excluding hydrogens is 535 g/mol. The number of nitrogens with zero attached hydrogens (tertiary/aromatic N) is 3. The lowest BCUT2D eigenvalue weighted by Crippen LogP contribution is -2.36. The molecule has 2 aliphatic heterocycles. The van der Waals surface area contributed by atoms with E-state index in [9.17, 15) is 26.7 Å². The lowest BCUT2D eigenvalue weighted by Gasteiger charge is -2.29. The topological polar surface area (TPSA) is 66.9 Å². The number of hydrogen-bond donors (Lipinski definition) is 1. The smallest absolute Gasteiger partial charge is 0.389 e. The summed E-state index contributed by atoms with van der Waals surface area (Å²) >= 11 is 0. The summed E-state index contributed by atoms with van der Waals surface area (Å²) in [6.07, 6.45) is -5.81. The van der Waals surface area contributed by atoms with Crippen molar-refractivity contribution in [2.45, 2.75) is 57.2 Å². The van der Waals surface area contributed by atoms with Gasteiger partial charge in [0.2, 0.25) is 5.88 Å². The minimum Gasteiger partial charge on any atom is -0.474 e. The molecule has 3 aliphatic rings. The van der Waals surface area contributed by atoms with Crippen LogP contribution in [-0.2, 0) is 4.74 Å². The third kappa shape index (κ3) is 7.13. The molecule has 0 unspecified atom stereocenters. The molecule has 1 aromatic heterocycles. The third-order valence-electron chi connectivity index (χ3n) is 7.66. The van der Waals surface area contributed by atoms with Crippen LogP contribution in [0.2, 0.25) is 0 Å². The Labute approximate surface area is 229 Å². The van der Waals surface area contributed by atoms with Gasteiger partial charge in [-0.1, -0.05) is 6.07 Å². The Kier molecular flexibility index (Phi) is 8.08. The van der Waals surface area contributed by atoms with Gasteiger partial charge >= 0.3 is 12.2 Å². The average molecular weight is 569 g/mol. The molecule has 5 rings (SSSR count). The second-order valence-electron chi connectivity index (χ2n) is 10.9. The van der Waals surface area contributed by atoms with Gasteiger partial charge in [-0.3, -0.25) is 0 Å². The van der Waals surface area contributed by atoms with Crippen LogP contribution in [0.1, 0.15) is 37.7 Å². The van der Waals surface area contributed by atoms with E-state index in [4.69, 9.17) is 9.47 Å². The number of rotatable bonds is 6. The van der Waals surface area contributed by atoms with Gasteiger partial charge in [-0.2, -0.15) is 18.2 Å². The predicted octanol–water partition coefficient (Wildman–Crippen LogP) is 6.27. The van der Waals surface area contributed by atoms with E-state index in [1.807, 2.05) is 19.1 Å². The van der Waals surface area contributed by atoms with Crippen molar-refractivity contribution < 1.29 is 36.2 Å². The van der Waals surface area contributed by atoms with E-state index in [-0.39, 0.29) is 38.2 Å². The van der Waals surface area contributed by atoms with Gasteiger partial charge in [0.15, 0.2) is 0 Å². The summed E-state index contributed by atoms with van der Waals surface area (Å²) in [5.41, 5.74) is 2.93. The molecule has 40 heavy (non-hydrogen) atoms. The highest BCUT2D eigenvalue weighted by Gasteiger charge is 2.41. The third-order valence-corrected chi connectivity index (χ3v) is 7.66. The molecule has 0 radical (unpaired) electrons. The number of likely N-dealkylation sites (tertiary alicyclic amines) is 1. The van der Waals surface area contributed by atoms with Crippen LogP contribution in [-0.4, -0.2) is 73.5 Å². The number of anilines is 2. The maximum atomic E-state index is 13.8. The molecule has 2 aromatic rings. The molecule has 1 aliphatic carbocycles. The van der Waals surface area contributed by atoms with Crippen LogP contribution in [0.3, 0.4) is 0 Å². The fourth-order valence-electron chi connectivity index (χ4n) is 5.57. The Morgan fingerprint density at radius 2 is 1.93 bits per heavy atom. The maximum Gasteiger partial charge on any atom is 0.389 e. The minimum atomic E-state index is -4.26. The van der Waals surface area contributed by atoms with Crippen molar-refractivity contribution in [3.05, 3.63) is 35.9 Å². The number of aryl methyl sites for hydroxylation is 1. The van der Waals surface area contributed by atoms with E-state index in [1.54, 1.807) is 18.2 Å². The van der Waals surface area contributed by atoms with Gasteiger partial charge in [-0.15, -0.1) is 0 Å². The standard InChI is InChI=1S/C28H33F5N4O3/c1-18-2-3-21(34-26(38)37-7-5-19(17-37)15-28(31,32)33)14-23(18)20-12-24(36-8-10-39-11-9-36)35-25(13-20)40-22-4-6-27(29,30)16-22/h2-3,12-14,19,22H,4-11,15-17H2,1H3,(H,34,38)/t19-,22-/m0/s1. The lowest BCUT2D eigenvalue weighted by atomic mass is 10.00. The predicted molar refractivity (Wildman–Crippen MR) is 140 cm³/mol. The Balaban J connectivity index is 1.37. The van der Waals surface area contributed by atoms with Crippen LogP contribution in [0.25, 0.3) is 11.1 Å². The van der Waals surface area contributed by atoms with Crippen LogP contribution in [0.4, 0.5) is 38.3 Å². The summed E-state index contributed by atoms with van der Waals surface area (Å²) in [7, 11) is 0. The van der Waals surface area contributed by atoms with Crippen molar-refractivity contribution in [2.75, 3.05) is 49.6 Å². The number of pyridine rings is 1. The second kappa shape index (κ2) is 11.4. The number of aromatic nitrogens is 1. The number of morpholine rings is 1. The van der Waals surface area contributed by atoms with E-state index in [0.29, 0.717) is 44.2 Å². The second-order valence-corrected chi connectivity index (χ2v) is 10.9. The fraction of sp³-hybridized carbons (Fsp3) is 0.571. The van der Waals surface area contributed by atoms with Crippen molar-refractivity contribution in [1.29, 1.82) is 0 Å². The highest BCUT2D eigenvalue weighted by molar-refractivity contribution is 5.90. The Morgan fingerprint density at radius 3 is 2.62 bits per heavy atom. The molecule has 3 heterocycles. The van der Waals surface area contributed by atoms with Crippen molar-refractivity contribution in [2.24, 2.45) is 5.92 Å². The van der Waals surface area contributed by atoms with Gasteiger partial charge in [-0.05, 0) is 60.6 Å². The number of nitrogens with one attached hydrogen (secondary N) is 1. The van der Waals surface area contributed by atoms with E-state index < -0.39 is 36.6 Å². The van der Waals surface area contributed by atoms with Crippen molar-refractivity contribution in [3.8, 4) is 17.0 Å². The van der Waals surface area contributed by atoms with Crippen LogP contribution in [0.15, 0.2) is 30.3 Å². The van der Waals surface area contributed by atoms with Gasteiger partial charge < -0.3 is 24.6 Å². The number of amides is 2. The Hall–Kier alpha value is -3.15. The van der Waals surface area contributed by atoms with E-state index >= 15 is 0 Å². The first-order valence-corrected chi connectivity index (χ1v) is 13.6. The zero-order valence-corrected chi connectivity index (χ0v) is 22.3. The van der Waals surface area contributed by atoms with Gasteiger partial charge in [0.25, 0.3) is 5.92 Å². The lowest BCUT2D eigenvalue weighted by molar-refractivity contribution is -0.143. The van der Waals surface area contributed by atoms with E-state index in [0.717, 1.165) is 16.7 Å².